The van der Waals surface area contributed by atoms with E-state index < -0.39 is 0 Å². The van der Waals surface area contributed by atoms with Gasteiger partial charge >= 0.3 is 0 Å². The van der Waals surface area contributed by atoms with Gasteiger partial charge in [0.05, 0.1) is 6.10 Å². The first-order valence-electron chi connectivity index (χ1n) is 5.87. The van der Waals surface area contributed by atoms with Crippen molar-refractivity contribution < 1.29 is 9.50 Å². The minimum atomic E-state index is -0.193. The monoisotopic (exact) mass is 222 g/mol. The molecular weight excluding hydrogens is 203 g/mol. The lowest BCUT2D eigenvalue weighted by Gasteiger charge is -2.49. The third-order valence-electron chi connectivity index (χ3n) is 4.25. The molecule has 2 heteroatoms. The highest BCUT2D eigenvalue weighted by Gasteiger charge is 2.45. The molecule has 1 aliphatic carbocycles. The third-order valence-corrected chi connectivity index (χ3v) is 4.25. The third kappa shape index (κ3) is 1.75. The fraction of sp³-hybridized carbons (Fsp3) is 0.571. The van der Waals surface area contributed by atoms with Crippen LogP contribution in [0.2, 0.25) is 0 Å². The summed E-state index contributed by atoms with van der Waals surface area (Å²) >= 11 is 0. The SMILES string of the molecule is CC1C(O)CC1C(C)(C)c1ccc(F)cc1. The molecule has 2 rings (SSSR count). The van der Waals surface area contributed by atoms with Crippen molar-refractivity contribution in [3.05, 3.63) is 35.6 Å². The summed E-state index contributed by atoms with van der Waals surface area (Å²) in [6.07, 6.45) is 0.690. The number of benzene rings is 1. The lowest BCUT2D eigenvalue weighted by molar-refractivity contribution is -0.0535. The first kappa shape index (κ1) is 11.6. The lowest BCUT2D eigenvalue weighted by Crippen LogP contribution is -2.48. The van der Waals surface area contributed by atoms with Gasteiger partial charge in [-0.25, -0.2) is 4.39 Å². The van der Waals surface area contributed by atoms with Gasteiger partial charge in [-0.2, -0.15) is 0 Å². The van der Waals surface area contributed by atoms with Crippen molar-refractivity contribution in [2.75, 3.05) is 0 Å². The maximum Gasteiger partial charge on any atom is 0.123 e. The van der Waals surface area contributed by atoms with Crippen LogP contribution < -0.4 is 0 Å². The van der Waals surface area contributed by atoms with Crippen LogP contribution >= 0.6 is 0 Å². The topological polar surface area (TPSA) is 20.2 Å². The van der Waals surface area contributed by atoms with Gasteiger partial charge in [-0.15, -0.1) is 0 Å². The summed E-state index contributed by atoms with van der Waals surface area (Å²) in [4.78, 5) is 0. The molecule has 0 heterocycles. The van der Waals surface area contributed by atoms with Crippen LogP contribution in [-0.2, 0) is 5.41 Å². The molecule has 1 N–H and O–H groups in total. The van der Waals surface area contributed by atoms with Crippen LogP contribution in [0.1, 0.15) is 32.8 Å². The van der Waals surface area contributed by atoms with Gasteiger partial charge < -0.3 is 5.11 Å². The van der Waals surface area contributed by atoms with Gasteiger partial charge in [-0.05, 0) is 41.4 Å². The smallest absolute Gasteiger partial charge is 0.123 e. The number of hydrogen-bond acceptors (Lipinski definition) is 1. The zero-order valence-corrected chi connectivity index (χ0v) is 10.1. The molecule has 0 amide bonds. The van der Waals surface area contributed by atoms with Crippen molar-refractivity contribution in [3.8, 4) is 0 Å². The van der Waals surface area contributed by atoms with E-state index in [2.05, 4.69) is 20.8 Å². The molecule has 1 aromatic carbocycles. The van der Waals surface area contributed by atoms with Crippen LogP contribution in [0.3, 0.4) is 0 Å². The summed E-state index contributed by atoms with van der Waals surface area (Å²) in [6, 6.07) is 6.73. The van der Waals surface area contributed by atoms with Crippen LogP contribution in [0.4, 0.5) is 4.39 Å². The van der Waals surface area contributed by atoms with E-state index in [1.54, 1.807) is 0 Å². The summed E-state index contributed by atoms with van der Waals surface area (Å²) < 4.78 is 12.9. The first-order chi connectivity index (χ1) is 7.43. The summed E-state index contributed by atoms with van der Waals surface area (Å²) in [5.41, 5.74) is 1.16. The van der Waals surface area contributed by atoms with E-state index in [-0.39, 0.29) is 17.3 Å². The number of hydrogen-bond donors (Lipinski definition) is 1. The molecule has 1 fully saturated rings. The van der Waals surface area contributed by atoms with Crippen molar-refractivity contribution in [2.45, 2.75) is 38.7 Å². The second kappa shape index (κ2) is 3.85. The van der Waals surface area contributed by atoms with Gasteiger partial charge in [0.2, 0.25) is 0 Å². The van der Waals surface area contributed by atoms with Crippen molar-refractivity contribution in [1.82, 2.24) is 0 Å². The summed E-state index contributed by atoms with van der Waals surface area (Å²) in [5.74, 6) is 0.620. The highest BCUT2D eigenvalue weighted by atomic mass is 19.1. The van der Waals surface area contributed by atoms with E-state index in [4.69, 9.17) is 0 Å². The van der Waals surface area contributed by atoms with E-state index >= 15 is 0 Å². The summed E-state index contributed by atoms with van der Waals surface area (Å²) in [6.45, 7) is 6.44. The van der Waals surface area contributed by atoms with Gasteiger partial charge in [-0.1, -0.05) is 32.9 Å². The quantitative estimate of drug-likeness (QED) is 0.815. The van der Waals surface area contributed by atoms with E-state index in [1.165, 1.54) is 12.1 Å². The highest BCUT2D eigenvalue weighted by molar-refractivity contribution is 5.26. The second-order valence-corrected chi connectivity index (χ2v) is 5.50. The molecule has 3 atom stereocenters. The fourth-order valence-electron chi connectivity index (χ4n) is 2.81. The average Bonchev–Trinajstić information content (AvgIpc) is 2.25. The molecule has 1 aliphatic rings. The molecule has 0 radical (unpaired) electrons. The largest absolute Gasteiger partial charge is 0.393 e. The van der Waals surface area contributed by atoms with Gasteiger partial charge in [0.25, 0.3) is 0 Å². The van der Waals surface area contributed by atoms with Gasteiger partial charge in [0.1, 0.15) is 5.82 Å². The standard InChI is InChI=1S/C14H19FO/c1-9-12(8-13(9)16)14(2,3)10-4-6-11(15)7-5-10/h4-7,9,12-13,16H,8H2,1-3H3. The highest BCUT2D eigenvalue weighted by Crippen LogP contribution is 2.47. The Balaban J connectivity index is 2.22. The van der Waals surface area contributed by atoms with Crippen molar-refractivity contribution in [2.24, 2.45) is 11.8 Å². The molecule has 0 aromatic heterocycles. The predicted octanol–water partition coefficient (Wildman–Crippen LogP) is 3.12. The molecule has 16 heavy (non-hydrogen) atoms. The Labute approximate surface area is 96.3 Å². The normalized spacial score (nSPS) is 29.9. The lowest BCUT2D eigenvalue weighted by atomic mass is 9.57. The van der Waals surface area contributed by atoms with Crippen molar-refractivity contribution >= 4 is 0 Å². The van der Waals surface area contributed by atoms with Crippen LogP contribution in [0.25, 0.3) is 0 Å². The van der Waals surface area contributed by atoms with E-state index in [9.17, 15) is 9.50 Å². The Hall–Kier alpha value is -0.890. The van der Waals surface area contributed by atoms with Crippen LogP contribution in [0, 0.1) is 17.7 Å². The molecule has 1 aromatic rings. The van der Waals surface area contributed by atoms with E-state index in [1.807, 2.05) is 12.1 Å². The minimum absolute atomic E-state index is 0.00630. The molecule has 0 spiro atoms. The summed E-state index contributed by atoms with van der Waals surface area (Å²) in [5, 5.41) is 9.58. The summed E-state index contributed by atoms with van der Waals surface area (Å²) in [7, 11) is 0. The second-order valence-electron chi connectivity index (χ2n) is 5.50. The van der Waals surface area contributed by atoms with Crippen LogP contribution in [0.5, 0.6) is 0 Å². The molecule has 1 nitrogen and oxygen atoms in total. The Morgan fingerprint density at radius 2 is 1.81 bits per heavy atom. The molecule has 88 valence electrons. The number of aliphatic hydroxyl groups is 1. The Morgan fingerprint density at radius 1 is 1.25 bits per heavy atom. The maximum absolute atomic E-state index is 12.9. The Morgan fingerprint density at radius 3 is 2.25 bits per heavy atom. The first-order valence-corrected chi connectivity index (χ1v) is 5.87. The van der Waals surface area contributed by atoms with Crippen LogP contribution in [-0.4, -0.2) is 11.2 Å². The van der Waals surface area contributed by atoms with Crippen molar-refractivity contribution in [3.63, 3.8) is 0 Å². The number of aliphatic hydroxyl groups excluding tert-OH is 1. The molecule has 1 saturated carbocycles. The number of rotatable bonds is 2. The zero-order chi connectivity index (χ0) is 11.9. The molecule has 0 saturated heterocycles. The van der Waals surface area contributed by atoms with Gasteiger partial charge in [-0.3, -0.25) is 0 Å². The van der Waals surface area contributed by atoms with E-state index in [0.717, 1.165) is 12.0 Å². The van der Waals surface area contributed by atoms with Crippen LogP contribution in [0.15, 0.2) is 24.3 Å². The average molecular weight is 222 g/mol. The molecule has 0 aliphatic heterocycles. The minimum Gasteiger partial charge on any atom is -0.393 e. The number of halogens is 1. The maximum atomic E-state index is 12.9. The molecule has 0 bridgehead atoms. The zero-order valence-electron chi connectivity index (χ0n) is 10.1. The molecule has 3 unspecified atom stereocenters. The van der Waals surface area contributed by atoms with Gasteiger partial charge in [0.15, 0.2) is 0 Å². The Kier molecular flexibility index (Phi) is 2.79. The Bertz CT molecular complexity index is 369. The van der Waals surface area contributed by atoms with Gasteiger partial charge in [0, 0.05) is 0 Å². The van der Waals surface area contributed by atoms with Crippen molar-refractivity contribution in [1.29, 1.82) is 0 Å². The molecular formula is C14H19FO. The predicted molar refractivity (Wildman–Crippen MR) is 62.7 cm³/mol. The fourth-order valence-corrected chi connectivity index (χ4v) is 2.81. The van der Waals surface area contributed by atoms with E-state index in [0.29, 0.717) is 11.8 Å².